The molecule has 24 heavy (non-hydrogen) atoms. The summed E-state index contributed by atoms with van der Waals surface area (Å²) in [5.74, 6) is 6.74. The maximum absolute atomic E-state index is 12.3. The molecule has 0 aliphatic carbocycles. The minimum Gasteiger partial charge on any atom is -0.345 e. The Balaban J connectivity index is 1.51. The van der Waals surface area contributed by atoms with Gasteiger partial charge in [0.05, 0.1) is 12.5 Å². The molecule has 1 aliphatic heterocycles. The number of nitrogens with zero attached hydrogens (tertiary/aromatic N) is 3. The van der Waals surface area contributed by atoms with Gasteiger partial charge < -0.3 is 10.2 Å². The van der Waals surface area contributed by atoms with Gasteiger partial charge in [0.2, 0.25) is 11.9 Å². The molecular formula is C19H20N4O. The summed E-state index contributed by atoms with van der Waals surface area (Å²) in [5, 5.41) is 2.91. The monoisotopic (exact) mass is 320 g/mol. The molecule has 0 spiro atoms. The topological polar surface area (TPSA) is 58.1 Å². The second-order valence-corrected chi connectivity index (χ2v) is 5.72. The minimum absolute atomic E-state index is 0.0407. The molecule has 122 valence electrons. The molecule has 5 nitrogen and oxygen atoms in total. The van der Waals surface area contributed by atoms with E-state index < -0.39 is 0 Å². The van der Waals surface area contributed by atoms with Crippen molar-refractivity contribution in [1.82, 2.24) is 15.3 Å². The van der Waals surface area contributed by atoms with Gasteiger partial charge in [-0.2, -0.15) is 0 Å². The Morgan fingerprint density at radius 1 is 1.21 bits per heavy atom. The van der Waals surface area contributed by atoms with E-state index >= 15 is 0 Å². The van der Waals surface area contributed by atoms with Crippen LogP contribution >= 0.6 is 0 Å². The molecular weight excluding hydrogens is 300 g/mol. The summed E-state index contributed by atoms with van der Waals surface area (Å²) < 4.78 is 0. The average molecular weight is 320 g/mol. The zero-order chi connectivity index (χ0) is 16.6. The highest BCUT2D eigenvalue weighted by atomic mass is 16.1. The van der Waals surface area contributed by atoms with Crippen molar-refractivity contribution in [3.63, 3.8) is 0 Å². The van der Waals surface area contributed by atoms with Crippen LogP contribution in [-0.2, 0) is 4.79 Å². The van der Waals surface area contributed by atoms with Crippen molar-refractivity contribution in [2.24, 2.45) is 5.92 Å². The first kappa shape index (κ1) is 16.0. The Bertz CT molecular complexity index is 721. The van der Waals surface area contributed by atoms with Gasteiger partial charge in [-0.25, -0.2) is 9.97 Å². The third-order valence-corrected chi connectivity index (χ3v) is 3.98. The average Bonchev–Trinajstić information content (AvgIpc) is 2.67. The van der Waals surface area contributed by atoms with Crippen LogP contribution in [0.4, 0.5) is 5.95 Å². The number of benzene rings is 1. The lowest BCUT2D eigenvalue weighted by Gasteiger charge is -2.31. The van der Waals surface area contributed by atoms with Crippen LogP contribution in [0.25, 0.3) is 0 Å². The molecule has 2 aromatic rings. The molecule has 5 heteroatoms. The smallest absolute Gasteiger partial charge is 0.225 e. The third-order valence-electron chi connectivity index (χ3n) is 3.98. The molecule has 1 aliphatic rings. The maximum atomic E-state index is 12.3. The van der Waals surface area contributed by atoms with Crippen LogP contribution in [-0.4, -0.2) is 35.5 Å². The van der Waals surface area contributed by atoms with Gasteiger partial charge in [0, 0.05) is 31.0 Å². The van der Waals surface area contributed by atoms with E-state index in [1.54, 1.807) is 18.5 Å². The van der Waals surface area contributed by atoms with Crippen LogP contribution in [0.1, 0.15) is 18.4 Å². The van der Waals surface area contributed by atoms with Gasteiger partial charge in [0.1, 0.15) is 0 Å². The highest BCUT2D eigenvalue weighted by Crippen LogP contribution is 2.19. The quantitative estimate of drug-likeness (QED) is 0.877. The number of carbonyl (C=O) groups excluding carboxylic acids is 1. The fourth-order valence-electron chi connectivity index (χ4n) is 2.77. The molecule has 3 rings (SSSR count). The Hall–Kier alpha value is -2.87. The number of nitrogens with one attached hydrogen (secondary N) is 1. The van der Waals surface area contributed by atoms with Gasteiger partial charge in [-0.15, -0.1) is 0 Å². The molecule has 1 aromatic heterocycles. The fraction of sp³-hybridized carbons (Fsp3) is 0.316. The van der Waals surface area contributed by atoms with Crippen molar-refractivity contribution in [2.75, 3.05) is 24.5 Å². The molecule has 1 fully saturated rings. The van der Waals surface area contributed by atoms with E-state index in [-0.39, 0.29) is 11.8 Å². The van der Waals surface area contributed by atoms with Crippen molar-refractivity contribution >= 4 is 11.9 Å². The number of carbonyl (C=O) groups is 1. The van der Waals surface area contributed by atoms with Gasteiger partial charge in [-0.1, -0.05) is 30.0 Å². The van der Waals surface area contributed by atoms with E-state index in [0.29, 0.717) is 19.0 Å². The zero-order valence-corrected chi connectivity index (χ0v) is 13.5. The number of anilines is 1. The molecule has 0 radical (unpaired) electrons. The van der Waals surface area contributed by atoms with Gasteiger partial charge in [0.15, 0.2) is 0 Å². The largest absolute Gasteiger partial charge is 0.345 e. The number of aromatic nitrogens is 2. The molecule has 1 aromatic carbocycles. The summed E-state index contributed by atoms with van der Waals surface area (Å²) in [6, 6.07) is 11.6. The second kappa shape index (κ2) is 8.11. The minimum atomic E-state index is -0.0407. The lowest BCUT2D eigenvalue weighted by molar-refractivity contribution is -0.124. The summed E-state index contributed by atoms with van der Waals surface area (Å²) in [7, 11) is 0. The third kappa shape index (κ3) is 4.32. The normalized spacial score (nSPS) is 16.8. The molecule has 0 saturated carbocycles. The molecule has 1 amide bonds. The van der Waals surface area contributed by atoms with Crippen molar-refractivity contribution in [3.8, 4) is 11.8 Å². The van der Waals surface area contributed by atoms with Crippen LogP contribution < -0.4 is 10.2 Å². The zero-order valence-electron chi connectivity index (χ0n) is 13.5. The van der Waals surface area contributed by atoms with Gasteiger partial charge in [-0.3, -0.25) is 4.79 Å². The maximum Gasteiger partial charge on any atom is 0.225 e. The van der Waals surface area contributed by atoms with Gasteiger partial charge in [0.25, 0.3) is 0 Å². The van der Waals surface area contributed by atoms with E-state index in [9.17, 15) is 4.79 Å². The van der Waals surface area contributed by atoms with Crippen molar-refractivity contribution in [2.45, 2.75) is 12.8 Å². The standard InChI is InChI=1S/C19H20N4O/c24-18(20-11-4-9-16-7-2-1-3-8-16)17-10-5-14-23(15-17)19-21-12-6-13-22-19/h1-3,6-8,12-13,17H,5,10-11,14-15H2,(H,20,24)/t17-/m0/s1. The first-order valence-electron chi connectivity index (χ1n) is 8.16. The summed E-state index contributed by atoms with van der Waals surface area (Å²) in [6.45, 7) is 1.91. The van der Waals surface area contributed by atoms with Crippen molar-refractivity contribution < 1.29 is 4.79 Å². The number of rotatable bonds is 3. The Kier molecular flexibility index (Phi) is 5.41. The molecule has 1 N–H and O–H groups in total. The van der Waals surface area contributed by atoms with Crippen LogP contribution in [0.5, 0.6) is 0 Å². The van der Waals surface area contributed by atoms with Gasteiger partial charge in [-0.05, 0) is 31.0 Å². The number of amides is 1. The molecule has 1 atom stereocenters. The van der Waals surface area contributed by atoms with Gasteiger partial charge >= 0.3 is 0 Å². The molecule has 0 bridgehead atoms. The highest BCUT2D eigenvalue weighted by Gasteiger charge is 2.26. The number of hydrogen-bond donors (Lipinski definition) is 1. The lowest BCUT2D eigenvalue weighted by atomic mass is 9.97. The predicted molar refractivity (Wildman–Crippen MR) is 93.3 cm³/mol. The van der Waals surface area contributed by atoms with E-state index in [2.05, 4.69) is 32.0 Å². The fourth-order valence-corrected chi connectivity index (χ4v) is 2.77. The summed E-state index contributed by atoms with van der Waals surface area (Å²) >= 11 is 0. The Morgan fingerprint density at radius 3 is 2.79 bits per heavy atom. The predicted octanol–water partition coefficient (Wildman–Crippen LogP) is 1.86. The summed E-state index contributed by atoms with van der Waals surface area (Å²) in [5.41, 5.74) is 0.955. The van der Waals surface area contributed by atoms with Crippen LogP contribution in [0.3, 0.4) is 0 Å². The van der Waals surface area contributed by atoms with Crippen LogP contribution in [0, 0.1) is 17.8 Å². The summed E-state index contributed by atoms with van der Waals surface area (Å²) in [4.78, 5) is 22.9. The highest BCUT2D eigenvalue weighted by molar-refractivity contribution is 5.79. The first-order valence-corrected chi connectivity index (χ1v) is 8.16. The van der Waals surface area contributed by atoms with E-state index in [1.165, 1.54) is 0 Å². The second-order valence-electron chi connectivity index (χ2n) is 5.72. The Labute approximate surface area is 142 Å². The first-order chi connectivity index (χ1) is 11.8. The van der Waals surface area contributed by atoms with E-state index in [0.717, 1.165) is 24.9 Å². The summed E-state index contributed by atoms with van der Waals surface area (Å²) in [6.07, 6.45) is 5.31. The van der Waals surface area contributed by atoms with Crippen LogP contribution in [0.15, 0.2) is 48.8 Å². The lowest BCUT2D eigenvalue weighted by Crippen LogP contribution is -2.43. The molecule has 2 heterocycles. The van der Waals surface area contributed by atoms with Crippen LogP contribution in [0.2, 0.25) is 0 Å². The van der Waals surface area contributed by atoms with Crippen molar-refractivity contribution in [1.29, 1.82) is 0 Å². The molecule has 1 saturated heterocycles. The number of hydrogen-bond acceptors (Lipinski definition) is 4. The van der Waals surface area contributed by atoms with Crippen molar-refractivity contribution in [3.05, 3.63) is 54.4 Å². The Morgan fingerprint density at radius 2 is 2.00 bits per heavy atom. The van der Waals surface area contributed by atoms with E-state index in [1.807, 2.05) is 30.3 Å². The molecule has 0 unspecified atom stereocenters. The SMILES string of the molecule is O=C(NCC#Cc1ccccc1)[C@H]1CCCN(c2ncccn2)C1. The number of piperidine rings is 1. The van der Waals surface area contributed by atoms with E-state index in [4.69, 9.17) is 0 Å².